The van der Waals surface area contributed by atoms with Crippen molar-refractivity contribution in [2.24, 2.45) is 0 Å². The van der Waals surface area contributed by atoms with Crippen LogP contribution in [0, 0.1) is 6.92 Å². The van der Waals surface area contributed by atoms with Gasteiger partial charge in [-0.25, -0.2) is 4.68 Å². The smallest absolute Gasteiger partial charge is 0.0892 e. The van der Waals surface area contributed by atoms with Crippen LogP contribution in [0.4, 0.5) is 0 Å². The van der Waals surface area contributed by atoms with Crippen LogP contribution in [-0.2, 0) is 4.74 Å². The third kappa shape index (κ3) is 2.08. The van der Waals surface area contributed by atoms with Crippen molar-refractivity contribution in [3.63, 3.8) is 0 Å². The van der Waals surface area contributed by atoms with E-state index < -0.39 is 0 Å². The molecule has 2 aliphatic rings. The van der Waals surface area contributed by atoms with Crippen LogP contribution >= 0.6 is 0 Å². The van der Waals surface area contributed by atoms with Gasteiger partial charge in [0.2, 0.25) is 0 Å². The number of likely N-dealkylation sites (tertiary alicyclic amines) is 1. The highest BCUT2D eigenvalue weighted by Gasteiger charge is 2.35. The van der Waals surface area contributed by atoms with Gasteiger partial charge in [0.05, 0.1) is 37.1 Å². The van der Waals surface area contributed by atoms with Crippen LogP contribution < -0.4 is 0 Å². The minimum Gasteiger partial charge on any atom is -0.390 e. The second-order valence-corrected chi connectivity index (χ2v) is 4.95. The van der Waals surface area contributed by atoms with Crippen molar-refractivity contribution < 1.29 is 9.84 Å². The predicted octanol–water partition coefficient (Wildman–Crippen LogP) is -0.407. The normalized spacial score (nSPS) is 31.4. The predicted molar refractivity (Wildman–Crippen MR) is 60.6 cm³/mol. The van der Waals surface area contributed by atoms with Crippen molar-refractivity contribution in [1.29, 1.82) is 0 Å². The maximum atomic E-state index is 10.2. The van der Waals surface area contributed by atoms with Crippen molar-refractivity contribution >= 4 is 0 Å². The molecule has 2 saturated heterocycles. The lowest BCUT2D eigenvalue weighted by Gasteiger charge is -2.43. The first kappa shape index (κ1) is 11.1. The number of aromatic nitrogens is 3. The number of β-amino-alcohol motifs (C(OH)–C–C–N with tert-alkyl or cyclic N) is 1. The van der Waals surface area contributed by atoms with Crippen LogP contribution in [0.15, 0.2) is 6.20 Å². The van der Waals surface area contributed by atoms with Crippen molar-refractivity contribution in [2.75, 3.05) is 26.3 Å². The molecule has 0 aromatic carbocycles. The highest BCUT2D eigenvalue weighted by Crippen LogP contribution is 2.25. The third-order valence-corrected chi connectivity index (χ3v) is 3.68. The maximum absolute atomic E-state index is 10.2. The summed E-state index contributed by atoms with van der Waals surface area (Å²) in [5, 5.41) is 18.2. The molecule has 6 heteroatoms. The molecule has 0 radical (unpaired) electrons. The number of rotatable bonds is 2. The average Bonchev–Trinajstić information content (AvgIpc) is 2.62. The summed E-state index contributed by atoms with van der Waals surface area (Å²) in [7, 11) is 0. The summed E-state index contributed by atoms with van der Waals surface area (Å²) < 4.78 is 6.99. The Kier molecular flexibility index (Phi) is 2.85. The summed E-state index contributed by atoms with van der Waals surface area (Å²) in [6.45, 7) is 5.22. The molecule has 1 N–H and O–H groups in total. The van der Waals surface area contributed by atoms with E-state index in [1.165, 1.54) is 0 Å². The molecule has 0 saturated carbocycles. The van der Waals surface area contributed by atoms with E-state index in [2.05, 4.69) is 15.2 Å². The van der Waals surface area contributed by atoms with Crippen LogP contribution in [0.2, 0.25) is 0 Å². The lowest BCUT2D eigenvalue weighted by molar-refractivity contribution is -0.0947. The molecule has 2 fully saturated rings. The van der Waals surface area contributed by atoms with Gasteiger partial charge in [-0.05, 0) is 13.3 Å². The third-order valence-electron chi connectivity index (χ3n) is 3.68. The van der Waals surface area contributed by atoms with E-state index in [9.17, 15) is 5.11 Å². The molecule has 0 amide bonds. The summed E-state index contributed by atoms with van der Waals surface area (Å²) in [6.07, 6.45) is 2.45. The summed E-state index contributed by atoms with van der Waals surface area (Å²) in [5.74, 6) is 0. The van der Waals surface area contributed by atoms with Gasteiger partial charge in [0.1, 0.15) is 0 Å². The fourth-order valence-corrected chi connectivity index (χ4v) is 2.55. The summed E-state index contributed by atoms with van der Waals surface area (Å²) >= 11 is 0. The van der Waals surface area contributed by atoms with Gasteiger partial charge in [-0.2, -0.15) is 0 Å². The first-order chi connectivity index (χ1) is 8.24. The minimum absolute atomic E-state index is 0.0634. The van der Waals surface area contributed by atoms with E-state index in [-0.39, 0.29) is 12.1 Å². The van der Waals surface area contributed by atoms with E-state index in [1.807, 2.05) is 13.1 Å². The minimum atomic E-state index is -0.370. The molecule has 3 rings (SSSR count). The molecule has 3 heterocycles. The molecule has 6 nitrogen and oxygen atoms in total. The Labute approximate surface area is 100 Å². The molecule has 17 heavy (non-hydrogen) atoms. The SMILES string of the molecule is Cc1cn([C@@H]2CCN(C3COC3)C[C@H]2O)nn1. The molecule has 0 spiro atoms. The Morgan fingerprint density at radius 3 is 2.82 bits per heavy atom. The molecular formula is C11H18N4O2. The van der Waals surface area contributed by atoms with Crippen molar-refractivity contribution in [2.45, 2.75) is 31.5 Å². The van der Waals surface area contributed by atoms with Gasteiger partial charge in [-0.1, -0.05) is 5.21 Å². The summed E-state index contributed by atoms with van der Waals surface area (Å²) in [6, 6.07) is 0.566. The van der Waals surface area contributed by atoms with Crippen LogP contribution in [0.1, 0.15) is 18.2 Å². The largest absolute Gasteiger partial charge is 0.390 e. The van der Waals surface area contributed by atoms with Crippen LogP contribution in [-0.4, -0.2) is 63.4 Å². The van der Waals surface area contributed by atoms with Crippen molar-refractivity contribution in [3.8, 4) is 0 Å². The Morgan fingerprint density at radius 1 is 1.47 bits per heavy atom. The Hall–Kier alpha value is -0.980. The molecular weight excluding hydrogens is 220 g/mol. The molecule has 0 bridgehead atoms. The molecule has 1 aromatic heterocycles. The summed E-state index contributed by atoms with van der Waals surface area (Å²) in [4.78, 5) is 2.31. The number of hydrogen-bond donors (Lipinski definition) is 1. The Morgan fingerprint density at radius 2 is 2.29 bits per heavy atom. The van der Waals surface area contributed by atoms with E-state index in [0.717, 1.165) is 31.9 Å². The number of aryl methyl sites for hydroxylation is 1. The maximum Gasteiger partial charge on any atom is 0.0892 e. The van der Waals surface area contributed by atoms with Gasteiger partial charge in [0.15, 0.2) is 0 Å². The monoisotopic (exact) mass is 238 g/mol. The topological polar surface area (TPSA) is 63.4 Å². The number of nitrogens with zero attached hydrogens (tertiary/aromatic N) is 4. The summed E-state index contributed by atoms with van der Waals surface area (Å²) in [5.41, 5.74) is 0.895. The second-order valence-electron chi connectivity index (χ2n) is 4.95. The molecule has 1 aromatic rings. The van der Waals surface area contributed by atoms with Crippen LogP contribution in [0.3, 0.4) is 0 Å². The lowest BCUT2D eigenvalue weighted by Crippen LogP contribution is -2.55. The number of piperidine rings is 1. The van der Waals surface area contributed by atoms with Gasteiger partial charge in [0, 0.05) is 19.3 Å². The van der Waals surface area contributed by atoms with Gasteiger partial charge < -0.3 is 9.84 Å². The van der Waals surface area contributed by atoms with Crippen LogP contribution in [0.25, 0.3) is 0 Å². The van der Waals surface area contributed by atoms with Gasteiger partial charge in [0.25, 0.3) is 0 Å². The first-order valence-electron chi connectivity index (χ1n) is 6.12. The van der Waals surface area contributed by atoms with E-state index in [0.29, 0.717) is 12.6 Å². The number of aliphatic hydroxyl groups is 1. The standard InChI is InChI=1S/C11H18N4O2/c1-8-4-15(13-12-8)10-2-3-14(5-11(10)16)9-6-17-7-9/h4,9-11,16H,2-3,5-7H2,1H3/t10-,11-/m1/s1. The zero-order valence-electron chi connectivity index (χ0n) is 9.99. The second kappa shape index (κ2) is 4.36. The number of ether oxygens (including phenoxy) is 1. The Bertz CT molecular complexity index is 391. The molecule has 94 valence electrons. The van der Waals surface area contributed by atoms with Gasteiger partial charge in [-0.15, -0.1) is 5.10 Å². The van der Waals surface area contributed by atoms with Crippen LogP contribution in [0.5, 0.6) is 0 Å². The zero-order valence-corrected chi connectivity index (χ0v) is 9.99. The zero-order chi connectivity index (χ0) is 11.8. The fourth-order valence-electron chi connectivity index (χ4n) is 2.55. The molecule has 0 aliphatic carbocycles. The molecule has 2 atom stereocenters. The van der Waals surface area contributed by atoms with E-state index >= 15 is 0 Å². The highest BCUT2D eigenvalue weighted by atomic mass is 16.5. The quantitative estimate of drug-likeness (QED) is 0.759. The molecule has 0 unspecified atom stereocenters. The number of hydrogen-bond acceptors (Lipinski definition) is 5. The van der Waals surface area contributed by atoms with Gasteiger partial charge in [-0.3, -0.25) is 4.90 Å². The lowest BCUT2D eigenvalue weighted by atomic mass is 10.00. The number of aliphatic hydroxyl groups excluding tert-OH is 1. The van der Waals surface area contributed by atoms with Crippen molar-refractivity contribution in [3.05, 3.63) is 11.9 Å². The molecule has 2 aliphatic heterocycles. The van der Waals surface area contributed by atoms with Crippen molar-refractivity contribution in [1.82, 2.24) is 19.9 Å². The van der Waals surface area contributed by atoms with E-state index in [1.54, 1.807) is 4.68 Å². The Balaban J connectivity index is 1.65. The first-order valence-corrected chi connectivity index (χ1v) is 6.12. The fraction of sp³-hybridized carbons (Fsp3) is 0.818. The average molecular weight is 238 g/mol. The van der Waals surface area contributed by atoms with Gasteiger partial charge >= 0.3 is 0 Å². The van der Waals surface area contributed by atoms with E-state index in [4.69, 9.17) is 4.74 Å². The highest BCUT2D eigenvalue weighted by molar-refractivity contribution is 4.93.